The highest BCUT2D eigenvalue weighted by molar-refractivity contribution is 5.87. The maximum atomic E-state index is 11.9. The van der Waals surface area contributed by atoms with Crippen molar-refractivity contribution in [2.45, 2.75) is 31.4 Å². The van der Waals surface area contributed by atoms with Crippen LogP contribution in [0.5, 0.6) is 0 Å². The number of piperidine rings is 1. The van der Waals surface area contributed by atoms with E-state index in [2.05, 4.69) is 0 Å². The second-order valence-corrected chi connectivity index (χ2v) is 4.51. The number of hydrogen-bond donors (Lipinski definition) is 3. The molecule has 1 fully saturated rings. The molecule has 0 aliphatic carbocycles. The fourth-order valence-electron chi connectivity index (χ4n) is 1.97. The smallest absolute Gasteiger partial charge is 0.329 e. The molecule has 0 bridgehead atoms. The molecule has 1 aliphatic heterocycles. The maximum absolute atomic E-state index is 11.9. The number of carbonyl (C=O) groups is 3. The number of primary amides is 1. The number of likely N-dealkylation sites (tertiary alicyclic amines) is 1. The lowest BCUT2D eigenvalue weighted by Crippen LogP contribution is -2.49. The summed E-state index contributed by atoms with van der Waals surface area (Å²) in [6, 6.07) is -0.908. The van der Waals surface area contributed by atoms with Crippen molar-refractivity contribution in [3.8, 4) is 0 Å². The van der Waals surface area contributed by atoms with E-state index in [9.17, 15) is 14.4 Å². The molecule has 0 spiro atoms. The van der Waals surface area contributed by atoms with Gasteiger partial charge in [-0.2, -0.15) is 0 Å². The van der Waals surface area contributed by atoms with Gasteiger partial charge < -0.3 is 26.2 Å². The molecule has 5 N–H and O–H groups in total. The van der Waals surface area contributed by atoms with Crippen molar-refractivity contribution < 1.29 is 24.2 Å². The van der Waals surface area contributed by atoms with Crippen LogP contribution >= 0.6 is 0 Å². The molecule has 0 aromatic carbocycles. The fraction of sp³-hybridized carbons (Fsp3) is 0.727. The first kappa shape index (κ1) is 15.4. The second-order valence-electron chi connectivity index (χ2n) is 4.51. The van der Waals surface area contributed by atoms with Gasteiger partial charge in [0.25, 0.3) is 0 Å². The van der Waals surface area contributed by atoms with Crippen LogP contribution in [0.2, 0.25) is 0 Å². The zero-order chi connectivity index (χ0) is 14.4. The van der Waals surface area contributed by atoms with Crippen molar-refractivity contribution in [1.29, 1.82) is 0 Å². The monoisotopic (exact) mass is 273 g/mol. The number of aliphatic carboxylic acids is 1. The predicted molar refractivity (Wildman–Crippen MR) is 65.0 cm³/mol. The average molecular weight is 273 g/mol. The Kier molecular flexibility index (Phi) is 5.71. The first-order valence-electron chi connectivity index (χ1n) is 6.06. The Morgan fingerprint density at radius 2 is 1.89 bits per heavy atom. The number of nitrogens with zero attached hydrogens (tertiary/aromatic N) is 1. The highest BCUT2D eigenvalue weighted by atomic mass is 16.5. The summed E-state index contributed by atoms with van der Waals surface area (Å²) in [6.07, 6.45) is 0.784. The summed E-state index contributed by atoms with van der Waals surface area (Å²) in [4.78, 5) is 34.5. The van der Waals surface area contributed by atoms with E-state index in [0.29, 0.717) is 25.9 Å². The predicted octanol–water partition coefficient (Wildman–Crippen LogP) is -1.72. The summed E-state index contributed by atoms with van der Waals surface area (Å²) in [5, 5.41) is 8.49. The van der Waals surface area contributed by atoms with Gasteiger partial charge in [0.15, 0.2) is 0 Å². The van der Waals surface area contributed by atoms with Gasteiger partial charge >= 0.3 is 5.97 Å². The van der Waals surface area contributed by atoms with Crippen molar-refractivity contribution in [3.63, 3.8) is 0 Å². The standard InChI is InChI=1S/C11H19N3O5/c12-8(5-9(13)15)11(18)14-3-1-7(2-4-14)19-6-10(16)17/h7-8H,1-6,12H2,(H2,13,15)(H,16,17). The lowest BCUT2D eigenvalue weighted by Gasteiger charge is -2.33. The van der Waals surface area contributed by atoms with Crippen LogP contribution in [-0.2, 0) is 19.1 Å². The largest absolute Gasteiger partial charge is 0.480 e. The van der Waals surface area contributed by atoms with Crippen LogP contribution in [0, 0.1) is 0 Å². The molecule has 8 nitrogen and oxygen atoms in total. The Balaban J connectivity index is 2.34. The molecule has 1 atom stereocenters. The third-order valence-electron chi connectivity index (χ3n) is 2.93. The van der Waals surface area contributed by atoms with Crippen LogP contribution in [0.3, 0.4) is 0 Å². The van der Waals surface area contributed by atoms with Crippen LogP contribution in [-0.4, -0.2) is 59.6 Å². The highest BCUT2D eigenvalue weighted by Gasteiger charge is 2.27. The number of hydrogen-bond acceptors (Lipinski definition) is 5. The van der Waals surface area contributed by atoms with Crippen molar-refractivity contribution in [2.75, 3.05) is 19.7 Å². The van der Waals surface area contributed by atoms with Crippen LogP contribution < -0.4 is 11.5 Å². The minimum atomic E-state index is -1.01. The third kappa shape index (κ3) is 5.23. The number of carboxylic acid groups (broad SMARTS) is 1. The van der Waals surface area contributed by atoms with Gasteiger partial charge in [0.05, 0.1) is 18.6 Å². The van der Waals surface area contributed by atoms with Crippen LogP contribution in [0.1, 0.15) is 19.3 Å². The van der Waals surface area contributed by atoms with E-state index in [4.69, 9.17) is 21.3 Å². The van der Waals surface area contributed by atoms with Crippen molar-refractivity contribution >= 4 is 17.8 Å². The molecule has 0 aromatic heterocycles. The van der Waals surface area contributed by atoms with Gasteiger partial charge in [-0.05, 0) is 12.8 Å². The van der Waals surface area contributed by atoms with Gasteiger partial charge in [-0.25, -0.2) is 4.79 Å². The normalized spacial score (nSPS) is 18.1. The van der Waals surface area contributed by atoms with Crippen LogP contribution in [0.15, 0.2) is 0 Å². The average Bonchev–Trinajstić information content (AvgIpc) is 2.35. The summed E-state index contributed by atoms with van der Waals surface area (Å²) in [7, 11) is 0. The number of nitrogens with two attached hydrogens (primary N) is 2. The molecule has 1 saturated heterocycles. The number of ether oxygens (including phenoxy) is 1. The molecule has 1 unspecified atom stereocenters. The highest BCUT2D eigenvalue weighted by Crippen LogP contribution is 2.14. The Morgan fingerprint density at radius 3 is 2.37 bits per heavy atom. The summed E-state index contributed by atoms with van der Waals surface area (Å²) in [5.74, 6) is -1.93. The van der Waals surface area contributed by atoms with Crippen molar-refractivity contribution in [2.24, 2.45) is 11.5 Å². The zero-order valence-corrected chi connectivity index (χ0v) is 10.6. The molecule has 8 heteroatoms. The Hall–Kier alpha value is -1.67. The lowest BCUT2D eigenvalue weighted by molar-refractivity contribution is -0.147. The minimum absolute atomic E-state index is 0.160. The van der Waals surface area contributed by atoms with E-state index < -0.39 is 17.9 Å². The van der Waals surface area contributed by atoms with Gasteiger partial charge in [0.2, 0.25) is 11.8 Å². The Morgan fingerprint density at radius 1 is 1.32 bits per heavy atom. The molecule has 2 amide bonds. The SMILES string of the molecule is NC(=O)CC(N)C(=O)N1CCC(OCC(=O)O)CC1. The maximum Gasteiger partial charge on any atom is 0.329 e. The van der Waals surface area contributed by atoms with Crippen LogP contribution in [0.4, 0.5) is 0 Å². The van der Waals surface area contributed by atoms with Gasteiger partial charge in [-0.1, -0.05) is 0 Å². The molecular formula is C11H19N3O5. The van der Waals surface area contributed by atoms with E-state index in [1.807, 2.05) is 0 Å². The summed E-state index contributed by atoms with van der Waals surface area (Å²) in [6.45, 7) is 0.547. The number of amides is 2. The van der Waals surface area contributed by atoms with E-state index in [-0.39, 0.29) is 25.0 Å². The molecule has 1 heterocycles. The van der Waals surface area contributed by atoms with Crippen LogP contribution in [0.25, 0.3) is 0 Å². The molecular weight excluding hydrogens is 254 g/mol. The topological polar surface area (TPSA) is 136 Å². The Bertz CT molecular complexity index is 352. The molecule has 108 valence electrons. The summed E-state index contributed by atoms with van der Waals surface area (Å²) in [5.41, 5.74) is 10.6. The van der Waals surface area contributed by atoms with Gasteiger partial charge in [0, 0.05) is 13.1 Å². The van der Waals surface area contributed by atoms with Crippen molar-refractivity contribution in [1.82, 2.24) is 4.90 Å². The van der Waals surface area contributed by atoms with E-state index in [1.165, 1.54) is 0 Å². The number of carboxylic acids is 1. The molecule has 0 radical (unpaired) electrons. The van der Waals surface area contributed by atoms with Gasteiger partial charge in [-0.15, -0.1) is 0 Å². The zero-order valence-electron chi connectivity index (χ0n) is 10.6. The quantitative estimate of drug-likeness (QED) is 0.526. The fourth-order valence-corrected chi connectivity index (χ4v) is 1.97. The minimum Gasteiger partial charge on any atom is -0.480 e. The van der Waals surface area contributed by atoms with Gasteiger partial charge in [-0.3, -0.25) is 9.59 Å². The number of carbonyl (C=O) groups excluding carboxylic acids is 2. The first-order chi connectivity index (χ1) is 8.90. The third-order valence-corrected chi connectivity index (χ3v) is 2.93. The first-order valence-corrected chi connectivity index (χ1v) is 6.06. The van der Waals surface area contributed by atoms with Gasteiger partial charge in [0.1, 0.15) is 6.61 Å². The van der Waals surface area contributed by atoms with E-state index >= 15 is 0 Å². The summed E-state index contributed by atoms with van der Waals surface area (Å²) >= 11 is 0. The molecule has 1 aliphatic rings. The van der Waals surface area contributed by atoms with E-state index in [0.717, 1.165) is 0 Å². The molecule has 1 rings (SSSR count). The summed E-state index contributed by atoms with van der Waals surface area (Å²) < 4.78 is 5.15. The Labute approximate surface area is 110 Å². The molecule has 19 heavy (non-hydrogen) atoms. The van der Waals surface area contributed by atoms with E-state index in [1.54, 1.807) is 4.90 Å². The second kappa shape index (κ2) is 7.05. The molecule has 0 aromatic rings. The number of rotatable bonds is 6. The van der Waals surface area contributed by atoms with Crippen molar-refractivity contribution in [3.05, 3.63) is 0 Å². The molecule has 0 saturated carbocycles. The lowest BCUT2D eigenvalue weighted by atomic mass is 10.1.